The van der Waals surface area contributed by atoms with Crippen LogP contribution in [0.5, 0.6) is 11.6 Å². The Bertz CT molecular complexity index is 873. The quantitative estimate of drug-likeness (QED) is 0.717. The van der Waals surface area contributed by atoms with E-state index in [1.165, 1.54) is 0 Å². The first-order valence-corrected chi connectivity index (χ1v) is 8.71. The van der Waals surface area contributed by atoms with Gasteiger partial charge in [-0.1, -0.05) is 0 Å². The van der Waals surface area contributed by atoms with Crippen LogP contribution >= 0.6 is 0 Å². The molecule has 7 nitrogen and oxygen atoms in total. The molecule has 0 bridgehead atoms. The van der Waals surface area contributed by atoms with Gasteiger partial charge in [0.05, 0.1) is 18.1 Å². The fourth-order valence-electron chi connectivity index (χ4n) is 3.18. The first kappa shape index (κ1) is 16.4. The lowest BCUT2D eigenvalue weighted by atomic mass is 9.95. The minimum absolute atomic E-state index is 0.295. The Labute approximate surface area is 152 Å². The number of hydrogen-bond donors (Lipinski definition) is 0. The molecule has 0 radical (unpaired) electrons. The fourth-order valence-corrected chi connectivity index (χ4v) is 3.18. The van der Waals surface area contributed by atoms with Gasteiger partial charge in [0, 0.05) is 43.2 Å². The summed E-state index contributed by atoms with van der Waals surface area (Å²) >= 11 is 0. The maximum atomic E-state index is 5.77. The van der Waals surface area contributed by atoms with Crippen molar-refractivity contribution in [2.45, 2.75) is 25.7 Å². The molecule has 1 fully saturated rings. The minimum atomic E-state index is 0.295. The second kappa shape index (κ2) is 7.43. The Kier molecular flexibility index (Phi) is 4.68. The Morgan fingerprint density at radius 3 is 2.96 bits per heavy atom. The van der Waals surface area contributed by atoms with E-state index < -0.39 is 0 Å². The normalized spacial score (nSPS) is 17.1. The summed E-state index contributed by atoms with van der Waals surface area (Å²) in [7, 11) is 0. The van der Waals surface area contributed by atoms with Crippen molar-refractivity contribution in [3.05, 3.63) is 60.7 Å². The highest BCUT2D eigenvalue weighted by Crippen LogP contribution is 2.29. The van der Waals surface area contributed by atoms with E-state index in [0.717, 1.165) is 43.1 Å². The molecule has 4 heterocycles. The van der Waals surface area contributed by atoms with Crippen molar-refractivity contribution < 1.29 is 4.74 Å². The lowest BCUT2D eigenvalue weighted by molar-refractivity contribution is 0.444. The largest absolute Gasteiger partial charge is 0.436 e. The second-order valence-electron chi connectivity index (χ2n) is 6.38. The smallest absolute Gasteiger partial charge is 0.238 e. The Morgan fingerprint density at radius 2 is 2.12 bits per heavy atom. The molecule has 1 atom stereocenters. The number of pyridine rings is 1. The van der Waals surface area contributed by atoms with E-state index in [-0.39, 0.29) is 0 Å². The van der Waals surface area contributed by atoms with E-state index in [9.17, 15) is 0 Å². The van der Waals surface area contributed by atoms with Gasteiger partial charge in [0.15, 0.2) is 0 Å². The lowest BCUT2D eigenvalue weighted by Gasteiger charge is -2.33. The molecule has 4 rings (SSSR count). The molecule has 1 aliphatic rings. The van der Waals surface area contributed by atoms with Crippen LogP contribution in [0.1, 0.15) is 30.1 Å². The number of rotatable bonds is 4. The Balaban J connectivity index is 1.51. The molecule has 132 valence electrons. The van der Waals surface area contributed by atoms with E-state index in [1.807, 2.05) is 31.3 Å². The zero-order chi connectivity index (χ0) is 17.8. The first-order chi connectivity index (χ1) is 12.8. The SMILES string of the molecule is Cc1cc(N2CCC[C@@H](c3cncc(Oc4cccnc4)n3)C2)ncn1. The molecule has 0 spiro atoms. The number of aryl methyl sites for hydroxylation is 1. The average Bonchev–Trinajstić information content (AvgIpc) is 2.69. The third-order valence-electron chi connectivity index (χ3n) is 4.44. The molecule has 26 heavy (non-hydrogen) atoms. The van der Waals surface area contributed by atoms with E-state index in [0.29, 0.717) is 17.5 Å². The molecule has 0 unspecified atom stereocenters. The highest BCUT2D eigenvalue weighted by atomic mass is 16.5. The topological polar surface area (TPSA) is 76.9 Å². The molecule has 1 aliphatic heterocycles. The third-order valence-corrected chi connectivity index (χ3v) is 4.44. The fraction of sp³-hybridized carbons (Fsp3) is 0.316. The zero-order valence-electron chi connectivity index (χ0n) is 14.6. The summed E-state index contributed by atoms with van der Waals surface area (Å²) < 4.78 is 5.77. The third kappa shape index (κ3) is 3.77. The van der Waals surface area contributed by atoms with Crippen LogP contribution in [-0.4, -0.2) is 38.0 Å². The van der Waals surface area contributed by atoms with E-state index in [1.54, 1.807) is 24.9 Å². The molecule has 1 saturated heterocycles. The summed E-state index contributed by atoms with van der Waals surface area (Å²) in [5.41, 5.74) is 1.92. The van der Waals surface area contributed by atoms with Crippen molar-refractivity contribution in [3.63, 3.8) is 0 Å². The van der Waals surface area contributed by atoms with Gasteiger partial charge < -0.3 is 9.64 Å². The number of aromatic nitrogens is 5. The summed E-state index contributed by atoms with van der Waals surface area (Å²) in [5, 5.41) is 0. The molecule has 0 N–H and O–H groups in total. The van der Waals surface area contributed by atoms with Crippen LogP contribution in [0.15, 0.2) is 49.3 Å². The summed E-state index contributed by atoms with van der Waals surface area (Å²) in [4.78, 5) is 23.9. The van der Waals surface area contributed by atoms with Crippen molar-refractivity contribution >= 4 is 5.82 Å². The Morgan fingerprint density at radius 1 is 1.15 bits per heavy atom. The van der Waals surface area contributed by atoms with Crippen molar-refractivity contribution in [1.82, 2.24) is 24.9 Å². The van der Waals surface area contributed by atoms with Gasteiger partial charge in [0.25, 0.3) is 0 Å². The Hall–Kier alpha value is -3.09. The first-order valence-electron chi connectivity index (χ1n) is 8.71. The molecule has 0 amide bonds. The molecular weight excluding hydrogens is 328 g/mol. The predicted molar refractivity (Wildman–Crippen MR) is 97.3 cm³/mol. The van der Waals surface area contributed by atoms with E-state index in [4.69, 9.17) is 4.74 Å². The van der Waals surface area contributed by atoms with Gasteiger partial charge in [-0.3, -0.25) is 9.97 Å². The van der Waals surface area contributed by atoms with Gasteiger partial charge >= 0.3 is 0 Å². The summed E-state index contributed by atoms with van der Waals surface area (Å²) in [5.74, 6) is 2.41. The van der Waals surface area contributed by atoms with Crippen LogP contribution in [-0.2, 0) is 0 Å². The maximum Gasteiger partial charge on any atom is 0.238 e. The van der Waals surface area contributed by atoms with Crippen molar-refractivity contribution in [1.29, 1.82) is 0 Å². The molecule has 0 saturated carbocycles. The number of hydrogen-bond acceptors (Lipinski definition) is 7. The molecule has 0 aromatic carbocycles. The van der Waals surface area contributed by atoms with Crippen LogP contribution in [0.25, 0.3) is 0 Å². The molecule has 3 aromatic rings. The summed E-state index contributed by atoms with van der Waals surface area (Å²) in [6.07, 6.45) is 10.6. The maximum absolute atomic E-state index is 5.77. The predicted octanol–water partition coefficient (Wildman–Crippen LogP) is 3.15. The van der Waals surface area contributed by atoms with Crippen LogP contribution in [0.3, 0.4) is 0 Å². The zero-order valence-corrected chi connectivity index (χ0v) is 14.6. The lowest BCUT2D eigenvalue weighted by Crippen LogP contribution is -2.35. The monoisotopic (exact) mass is 348 g/mol. The van der Waals surface area contributed by atoms with Gasteiger partial charge in [0.1, 0.15) is 17.9 Å². The number of piperidine rings is 1. The molecule has 3 aromatic heterocycles. The van der Waals surface area contributed by atoms with Crippen LogP contribution in [0.2, 0.25) is 0 Å². The molecule has 0 aliphatic carbocycles. The molecule has 7 heteroatoms. The van der Waals surface area contributed by atoms with Crippen LogP contribution in [0.4, 0.5) is 5.82 Å². The minimum Gasteiger partial charge on any atom is -0.436 e. The van der Waals surface area contributed by atoms with E-state index in [2.05, 4.69) is 29.8 Å². The van der Waals surface area contributed by atoms with E-state index >= 15 is 0 Å². The van der Waals surface area contributed by atoms with Crippen molar-refractivity contribution in [2.75, 3.05) is 18.0 Å². The number of anilines is 1. The van der Waals surface area contributed by atoms with Gasteiger partial charge in [-0.15, -0.1) is 0 Å². The van der Waals surface area contributed by atoms with Crippen LogP contribution in [0, 0.1) is 6.92 Å². The standard InChI is InChI=1S/C19H20N6O/c1-14-8-18(23-13-22-14)25-7-3-4-15(12-25)17-10-21-11-19(24-17)26-16-5-2-6-20-9-16/h2,5-6,8-11,13,15H,3-4,7,12H2,1H3/t15-/m1/s1. The summed E-state index contributed by atoms with van der Waals surface area (Å²) in [6, 6.07) is 5.70. The van der Waals surface area contributed by atoms with Crippen molar-refractivity contribution in [3.8, 4) is 11.6 Å². The highest BCUT2D eigenvalue weighted by molar-refractivity contribution is 5.40. The highest BCUT2D eigenvalue weighted by Gasteiger charge is 2.24. The van der Waals surface area contributed by atoms with Gasteiger partial charge in [-0.25, -0.2) is 15.0 Å². The number of nitrogens with zero attached hydrogens (tertiary/aromatic N) is 6. The summed E-state index contributed by atoms with van der Waals surface area (Å²) in [6.45, 7) is 3.84. The van der Waals surface area contributed by atoms with Gasteiger partial charge in [-0.05, 0) is 31.9 Å². The molecular formula is C19H20N6O. The van der Waals surface area contributed by atoms with Crippen molar-refractivity contribution in [2.24, 2.45) is 0 Å². The number of ether oxygens (including phenoxy) is 1. The van der Waals surface area contributed by atoms with Gasteiger partial charge in [-0.2, -0.15) is 0 Å². The van der Waals surface area contributed by atoms with Crippen LogP contribution < -0.4 is 9.64 Å². The van der Waals surface area contributed by atoms with Gasteiger partial charge in [0.2, 0.25) is 5.88 Å². The average molecular weight is 348 g/mol. The second-order valence-corrected chi connectivity index (χ2v) is 6.38.